The molecule has 0 saturated carbocycles. The third-order valence-electron chi connectivity index (χ3n) is 7.27. The van der Waals surface area contributed by atoms with Gasteiger partial charge < -0.3 is 20.3 Å². The molecule has 3 aliphatic rings. The summed E-state index contributed by atoms with van der Waals surface area (Å²) in [6.45, 7) is 4.01. The summed E-state index contributed by atoms with van der Waals surface area (Å²) >= 11 is 0. The van der Waals surface area contributed by atoms with Crippen LogP contribution in [0.5, 0.6) is 0 Å². The highest BCUT2D eigenvalue weighted by Crippen LogP contribution is 2.27. The molecule has 0 radical (unpaired) electrons. The molecule has 1 aromatic heterocycles. The first-order valence-corrected chi connectivity index (χ1v) is 12.9. The van der Waals surface area contributed by atoms with Crippen molar-refractivity contribution in [3.8, 4) is 11.3 Å². The molecule has 2 N–H and O–H groups in total. The van der Waals surface area contributed by atoms with E-state index in [4.69, 9.17) is 9.72 Å². The summed E-state index contributed by atoms with van der Waals surface area (Å²) in [5, 5.41) is 6.46. The van der Waals surface area contributed by atoms with Gasteiger partial charge in [0.05, 0.1) is 24.9 Å². The van der Waals surface area contributed by atoms with E-state index in [1.165, 1.54) is 0 Å². The van der Waals surface area contributed by atoms with Crippen molar-refractivity contribution in [1.82, 2.24) is 25.1 Å². The van der Waals surface area contributed by atoms with Crippen LogP contribution in [-0.2, 0) is 22.6 Å². The SMILES string of the molecule is O=C1NCc2cccc(c2)-c2ccnc(n2)Nc2ccc(C(=O)N3CCOCC3)c(c2)CN2CCC[C@@H]12.S. The lowest BCUT2D eigenvalue weighted by Gasteiger charge is -2.29. The van der Waals surface area contributed by atoms with Crippen LogP contribution in [0.4, 0.5) is 11.6 Å². The molecule has 1 atom stereocenters. The van der Waals surface area contributed by atoms with Gasteiger partial charge in [0.2, 0.25) is 11.9 Å². The molecule has 2 aromatic carbocycles. The number of hydrogen-bond donors (Lipinski definition) is 2. The van der Waals surface area contributed by atoms with Crippen molar-refractivity contribution in [2.24, 2.45) is 0 Å². The number of morpholine rings is 1. The minimum Gasteiger partial charge on any atom is -0.378 e. The number of ether oxygens (including phenoxy) is 1. The maximum Gasteiger partial charge on any atom is 0.254 e. The molecule has 0 aliphatic carbocycles. The fourth-order valence-electron chi connectivity index (χ4n) is 5.34. The van der Waals surface area contributed by atoms with Crippen molar-refractivity contribution < 1.29 is 14.3 Å². The van der Waals surface area contributed by atoms with Gasteiger partial charge in [-0.1, -0.05) is 18.2 Å². The summed E-state index contributed by atoms with van der Waals surface area (Å²) < 4.78 is 5.44. The maximum absolute atomic E-state index is 13.5. The third kappa shape index (κ3) is 5.52. The Hall–Kier alpha value is -3.47. The molecule has 4 heterocycles. The molecule has 2 saturated heterocycles. The number of fused-ring (bicyclic) bond motifs is 8. The average molecular weight is 533 g/mol. The Labute approximate surface area is 229 Å². The van der Waals surface area contributed by atoms with E-state index < -0.39 is 0 Å². The van der Waals surface area contributed by atoms with Gasteiger partial charge in [-0.15, -0.1) is 0 Å². The Kier molecular flexibility index (Phi) is 7.92. The van der Waals surface area contributed by atoms with E-state index in [0.717, 1.165) is 47.5 Å². The number of nitrogens with zero attached hydrogens (tertiary/aromatic N) is 4. The lowest BCUT2D eigenvalue weighted by molar-refractivity contribution is -0.125. The predicted molar refractivity (Wildman–Crippen MR) is 150 cm³/mol. The molecule has 6 bridgehead atoms. The number of rotatable bonds is 1. The fraction of sp³-hybridized carbons (Fsp3) is 0.357. The van der Waals surface area contributed by atoms with Gasteiger partial charge in [0.1, 0.15) is 0 Å². The topological polar surface area (TPSA) is 99.7 Å². The molecular weight excluding hydrogens is 500 g/mol. The number of nitrogens with one attached hydrogen (secondary N) is 2. The van der Waals surface area contributed by atoms with Crippen molar-refractivity contribution in [2.75, 3.05) is 38.2 Å². The molecule has 6 rings (SSSR count). The van der Waals surface area contributed by atoms with Crippen LogP contribution in [0.15, 0.2) is 54.7 Å². The first-order chi connectivity index (χ1) is 18.1. The van der Waals surface area contributed by atoms with Crippen molar-refractivity contribution in [3.63, 3.8) is 0 Å². The highest BCUT2D eigenvalue weighted by Gasteiger charge is 2.32. The number of carbonyl (C=O) groups is 2. The standard InChI is InChI=1S/C28H30N6O3.H2S/c35-26-25-5-2-10-34(25)18-21-16-22(6-7-23(21)27(36)33-11-13-37-14-12-33)31-28-29-9-8-24(32-28)20-4-1-3-19(15-20)17-30-26;/h1,3-4,6-9,15-16,25H,2,5,10-14,17-18H2,(H,30,35)(H,29,31,32);1H2/t25-;/m0./s1. The Balaban J connectivity index is 0.00000294. The molecule has 9 nitrogen and oxygen atoms in total. The zero-order valence-electron chi connectivity index (χ0n) is 21.2. The first kappa shape index (κ1) is 26.1. The van der Waals surface area contributed by atoms with Crippen LogP contribution in [0.25, 0.3) is 11.3 Å². The van der Waals surface area contributed by atoms with Gasteiger partial charge in [-0.2, -0.15) is 13.5 Å². The Morgan fingerprint density at radius 3 is 2.79 bits per heavy atom. The average Bonchev–Trinajstić information content (AvgIpc) is 3.40. The third-order valence-corrected chi connectivity index (χ3v) is 7.27. The zero-order chi connectivity index (χ0) is 25.2. The normalized spacial score (nSPS) is 19.5. The van der Waals surface area contributed by atoms with Crippen molar-refractivity contribution in [1.29, 1.82) is 0 Å². The highest BCUT2D eigenvalue weighted by molar-refractivity contribution is 7.59. The van der Waals surface area contributed by atoms with Crippen molar-refractivity contribution in [2.45, 2.75) is 32.0 Å². The quantitative estimate of drug-likeness (QED) is 0.497. The van der Waals surface area contributed by atoms with Gasteiger partial charge in [0, 0.05) is 49.2 Å². The van der Waals surface area contributed by atoms with Crippen LogP contribution in [0.2, 0.25) is 0 Å². The smallest absolute Gasteiger partial charge is 0.254 e. The second kappa shape index (κ2) is 11.5. The van der Waals surface area contributed by atoms with Crippen LogP contribution in [0.3, 0.4) is 0 Å². The second-order valence-corrected chi connectivity index (χ2v) is 9.71. The minimum atomic E-state index is -0.227. The molecule has 2 amide bonds. The van der Waals surface area contributed by atoms with Gasteiger partial charge in [-0.05, 0) is 60.8 Å². The van der Waals surface area contributed by atoms with Crippen molar-refractivity contribution in [3.05, 3.63) is 71.4 Å². The minimum absolute atomic E-state index is 0. The van der Waals surface area contributed by atoms with E-state index in [-0.39, 0.29) is 31.4 Å². The molecule has 2 fully saturated rings. The van der Waals surface area contributed by atoms with Gasteiger partial charge in [0.15, 0.2) is 0 Å². The molecule has 38 heavy (non-hydrogen) atoms. The molecule has 3 aliphatic heterocycles. The molecule has 0 unspecified atom stereocenters. The summed E-state index contributed by atoms with van der Waals surface area (Å²) in [6, 6.07) is 15.4. The summed E-state index contributed by atoms with van der Waals surface area (Å²) in [4.78, 5) is 39.9. The molecule has 3 aromatic rings. The van der Waals surface area contributed by atoms with E-state index in [1.54, 1.807) is 6.20 Å². The maximum atomic E-state index is 13.5. The Morgan fingerprint density at radius 2 is 1.92 bits per heavy atom. The highest BCUT2D eigenvalue weighted by atomic mass is 32.1. The first-order valence-electron chi connectivity index (χ1n) is 12.9. The van der Waals surface area contributed by atoms with E-state index in [0.29, 0.717) is 50.9 Å². The van der Waals surface area contributed by atoms with E-state index >= 15 is 0 Å². The Morgan fingerprint density at radius 1 is 1.05 bits per heavy atom. The largest absolute Gasteiger partial charge is 0.378 e. The summed E-state index contributed by atoms with van der Waals surface area (Å²) in [5.41, 5.74) is 5.10. The predicted octanol–water partition coefficient (Wildman–Crippen LogP) is 3.07. The van der Waals surface area contributed by atoms with Gasteiger partial charge >= 0.3 is 0 Å². The molecule has 10 heteroatoms. The molecule has 198 valence electrons. The number of carbonyl (C=O) groups excluding carboxylic acids is 2. The number of anilines is 2. The number of hydrogen-bond acceptors (Lipinski definition) is 7. The van der Waals surface area contributed by atoms with Gasteiger partial charge in [-0.3, -0.25) is 14.5 Å². The van der Waals surface area contributed by atoms with Crippen LogP contribution in [0, 0.1) is 0 Å². The van der Waals surface area contributed by atoms with E-state index in [2.05, 4.69) is 26.6 Å². The van der Waals surface area contributed by atoms with Crippen molar-refractivity contribution >= 4 is 36.9 Å². The Bertz CT molecular complexity index is 1330. The molecule has 0 spiro atoms. The summed E-state index contributed by atoms with van der Waals surface area (Å²) in [5.74, 6) is 0.506. The number of benzene rings is 2. The second-order valence-electron chi connectivity index (χ2n) is 9.71. The number of aromatic nitrogens is 2. The lowest BCUT2D eigenvalue weighted by atomic mass is 10.0. The monoisotopic (exact) mass is 532 g/mol. The zero-order valence-corrected chi connectivity index (χ0v) is 22.2. The van der Waals surface area contributed by atoms with Crippen LogP contribution >= 0.6 is 13.5 Å². The van der Waals surface area contributed by atoms with Crippen LogP contribution in [-0.4, -0.2) is 70.5 Å². The van der Waals surface area contributed by atoms with E-state index in [1.807, 2.05) is 47.4 Å². The van der Waals surface area contributed by atoms with E-state index in [9.17, 15) is 9.59 Å². The summed E-state index contributed by atoms with van der Waals surface area (Å²) in [6.07, 6.45) is 3.47. The fourth-order valence-corrected chi connectivity index (χ4v) is 5.34. The van der Waals surface area contributed by atoms with Crippen LogP contribution < -0.4 is 10.6 Å². The molecular formula is C28H32N6O3S. The van der Waals surface area contributed by atoms with Gasteiger partial charge in [-0.25, -0.2) is 9.97 Å². The lowest BCUT2D eigenvalue weighted by Crippen LogP contribution is -2.43. The number of amides is 2. The van der Waals surface area contributed by atoms with Gasteiger partial charge in [0.25, 0.3) is 5.91 Å². The summed E-state index contributed by atoms with van der Waals surface area (Å²) in [7, 11) is 0. The van der Waals surface area contributed by atoms with Crippen LogP contribution in [0.1, 0.15) is 34.3 Å².